The maximum atomic E-state index is 6.17. The van der Waals surface area contributed by atoms with Crippen molar-refractivity contribution in [3.63, 3.8) is 0 Å². The summed E-state index contributed by atoms with van der Waals surface area (Å²) in [5.41, 5.74) is 10.1. The van der Waals surface area contributed by atoms with Crippen molar-refractivity contribution < 1.29 is 9.47 Å². The quantitative estimate of drug-likeness (QED) is 0.0925. The van der Waals surface area contributed by atoms with Gasteiger partial charge in [-0.1, -0.05) is 60.5 Å². The summed E-state index contributed by atoms with van der Waals surface area (Å²) in [4.78, 5) is 6.47. The number of rotatable bonds is 15. The van der Waals surface area contributed by atoms with Crippen molar-refractivity contribution in [3.05, 3.63) is 137 Å². The molecule has 4 rings (SSSR count). The minimum absolute atomic E-state index is 0.512. The summed E-state index contributed by atoms with van der Waals surface area (Å²) in [6.07, 6.45) is 8.93. The van der Waals surface area contributed by atoms with Crippen LogP contribution in [0, 0.1) is 48.5 Å². The second-order valence-electron chi connectivity index (χ2n) is 11.7. The predicted molar refractivity (Wildman–Crippen MR) is 202 cm³/mol. The van der Waals surface area contributed by atoms with Crippen LogP contribution in [0.2, 0.25) is 0 Å². The number of ether oxygens (including phenoxy) is 2. The first kappa shape index (κ1) is 35.6. The van der Waals surface area contributed by atoms with E-state index in [4.69, 9.17) is 9.47 Å². The summed E-state index contributed by atoms with van der Waals surface area (Å²) in [6.45, 7) is 23.9. The van der Waals surface area contributed by atoms with E-state index in [1.54, 1.807) is 6.08 Å². The lowest BCUT2D eigenvalue weighted by Gasteiger charge is -2.16. The van der Waals surface area contributed by atoms with Crippen LogP contribution in [0.25, 0.3) is 0 Å². The van der Waals surface area contributed by atoms with E-state index < -0.39 is 0 Å². The first-order valence-corrected chi connectivity index (χ1v) is 18.2. The van der Waals surface area contributed by atoms with Gasteiger partial charge in [0, 0.05) is 30.2 Å². The van der Waals surface area contributed by atoms with E-state index in [1.165, 1.54) is 69.0 Å². The van der Waals surface area contributed by atoms with Gasteiger partial charge in [-0.2, -0.15) is 0 Å². The first-order chi connectivity index (χ1) is 22.1. The Morgan fingerprint density at radius 3 is 1.61 bits per heavy atom. The number of hydrogen-bond donors (Lipinski definition) is 0. The summed E-state index contributed by atoms with van der Waals surface area (Å²) in [5.74, 6) is 2.72. The minimum atomic E-state index is 0.512. The van der Waals surface area contributed by atoms with Crippen LogP contribution in [0.1, 0.15) is 44.5 Å². The highest BCUT2D eigenvalue weighted by molar-refractivity contribution is 8.00. The Morgan fingerprint density at radius 2 is 1.07 bits per heavy atom. The second-order valence-corrected chi connectivity index (χ2v) is 14.9. The molecular formula is C41H46O2S3. The lowest BCUT2D eigenvalue weighted by atomic mass is 10.1. The van der Waals surface area contributed by atoms with E-state index in [2.05, 4.69) is 128 Å². The minimum Gasteiger partial charge on any atom is -0.490 e. The van der Waals surface area contributed by atoms with Gasteiger partial charge in [0.2, 0.25) is 0 Å². The summed E-state index contributed by atoms with van der Waals surface area (Å²) < 4.78 is 11.9. The Labute approximate surface area is 289 Å². The fourth-order valence-corrected chi connectivity index (χ4v) is 8.47. The van der Waals surface area contributed by atoms with Gasteiger partial charge in [-0.05, 0) is 148 Å². The molecule has 0 saturated carbocycles. The molecule has 0 atom stereocenters. The van der Waals surface area contributed by atoms with E-state index >= 15 is 0 Å². The van der Waals surface area contributed by atoms with Gasteiger partial charge in [0.25, 0.3) is 0 Å². The molecule has 0 spiro atoms. The van der Waals surface area contributed by atoms with Gasteiger partial charge in [0.15, 0.2) is 0 Å². The van der Waals surface area contributed by atoms with Crippen LogP contribution in [0.3, 0.4) is 0 Å². The number of hydrogen-bond acceptors (Lipinski definition) is 5. The molecule has 0 fully saturated rings. The largest absolute Gasteiger partial charge is 0.490 e. The van der Waals surface area contributed by atoms with Gasteiger partial charge in [0.05, 0.1) is 0 Å². The number of aryl methyl sites for hydroxylation is 7. The highest BCUT2D eigenvalue weighted by Crippen LogP contribution is 2.40. The molecule has 0 aliphatic heterocycles. The highest BCUT2D eigenvalue weighted by Gasteiger charge is 2.13. The van der Waals surface area contributed by atoms with Gasteiger partial charge in [-0.15, -0.1) is 18.3 Å². The van der Waals surface area contributed by atoms with Gasteiger partial charge < -0.3 is 9.47 Å². The lowest BCUT2D eigenvalue weighted by Crippen LogP contribution is -1.98. The Kier molecular flexibility index (Phi) is 13.2. The van der Waals surface area contributed by atoms with E-state index in [0.717, 1.165) is 23.7 Å². The topological polar surface area (TPSA) is 18.5 Å². The summed E-state index contributed by atoms with van der Waals surface area (Å²) in [7, 11) is 0. The molecule has 0 heterocycles. The normalized spacial score (nSPS) is 11.2. The average molecular weight is 667 g/mol. The van der Waals surface area contributed by atoms with Crippen molar-refractivity contribution in [1.29, 1.82) is 0 Å². The van der Waals surface area contributed by atoms with Crippen molar-refractivity contribution in [1.82, 2.24) is 0 Å². The summed E-state index contributed by atoms with van der Waals surface area (Å²) in [5, 5.41) is 0. The fraction of sp³-hybridized carbons (Fsp3) is 0.268. The third-order valence-electron chi connectivity index (χ3n) is 7.44. The molecule has 46 heavy (non-hydrogen) atoms. The van der Waals surface area contributed by atoms with Gasteiger partial charge in [-0.25, -0.2) is 0 Å². The molecule has 0 aromatic heterocycles. The van der Waals surface area contributed by atoms with E-state index in [-0.39, 0.29) is 0 Å². The van der Waals surface area contributed by atoms with Crippen LogP contribution < -0.4 is 9.47 Å². The van der Waals surface area contributed by atoms with Crippen LogP contribution in [-0.4, -0.2) is 19.0 Å². The summed E-state index contributed by atoms with van der Waals surface area (Å²) in [6, 6.07) is 20.0. The van der Waals surface area contributed by atoms with Gasteiger partial charge in [0.1, 0.15) is 24.7 Å². The van der Waals surface area contributed by atoms with Gasteiger partial charge >= 0.3 is 0 Å². The molecule has 0 amide bonds. The van der Waals surface area contributed by atoms with E-state index in [0.29, 0.717) is 13.2 Å². The smallest absolute Gasteiger partial charge is 0.120 e. The van der Waals surface area contributed by atoms with Crippen molar-refractivity contribution in [2.45, 2.75) is 79.4 Å². The molecule has 0 aliphatic rings. The molecule has 0 saturated heterocycles. The molecule has 4 aromatic carbocycles. The maximum absolute atomic E-state index is 6.17. The molecule has 2 nitrogen and oxygen atoms in total. The molecular weight excluding hydrogens is 621 g/mol. The molecule has 4 aromatic rings. The average Bonchev–Trinajstić information content (AvgIpc) is 2.99. The Morgan fingerprint density at radius 1 is 0.543 bits per heavy atom. The zero-order valence-corrected chi connectivity index (χ0v) is 30.7. The standard InChI is InChI=1S/C41H46O2S3/c1-10-15-42-35-20-28(4)40(29(5)21-35)46-41-30(6)22-36(23-31(41)7)43-16-13-12-14-34-18-27(3)19-38(26-34)45-39-32(8)24-37(25-33(39)9)44-17-11-2/h10-13,18-26H,1-2,14-17H2,3-9H3/b13-12+. The van der Waals surface area contributed by atoms with Crippen LogP contribution in [0.4, 0.5) is 0 Å². The molecule has 0 unspecified atom stereocenters. The molecule has 240 valence electrons. The Balaban J connectivity index is 1.36. The molecule has 0 radical (unpaired) electrons. The number of allylic oxidation sites excluding steroid dienone is 1. The Bertz CT molecular complexity index is 1670. The number of benzene rings is 4. The second kappa shape index (κ2) is 17.1. The predicted octanol–water partition coefficient (Wildman–Crippen LogP) is 12.2. The summed E-state index contributed by atoms with van der Waals surface area (Å²) >= 11 is 5.52. The monoisotopic (exact) mass is 666 g/mol. The Hall–Kier alpha value is -3.25. The van der Waals surface area contributed by atoms with Gasteiger partial charge in [-0.3, -0.25) is 0 Å². The lowest BCUT2D eigenvalue weighted by molar-refractivity contribution is 0.361. The zero-order valence-electron chi connectivity index (χ0n) is 28.3. The van der Waals surface area contributed by atoms with Crippen molar-refractivity contribution in [3.8, 4) is 11.5 Å². The molecule has 0 N–H and O–H groups in total. The van der Waals surface area contributed by atoms with E-state index in [9.17, 15) is 0 Å². The molecule has 5 heteroatoms. The van der Waals surface area contributed by atoms with Crippen LogP contribution in [0.5, 0.6) is 11.5 Å². The maximum Gasteiger partial charge on any atom is 0.120 e. The molecule has 0 aliphatic carbocycles. The third kappa shape index (κ3) is 9.87. The van der Waals surface area contributed by atoms with Crippen LogP contribution >= 0.6 is 35.3 Å². The van der Waals surface area contributed by atoms with Crippen molar-refractivity contribution in [2.75, 3.05) is 19.0 Å². The highest BCUT2D eigenvalue weighted by atomic mass is 32.2. The van der Waals surface area contributed by atoms with Crippen molar-refractivity contribution >= 4 is 35.3 Å². The van der Waals surface area contributed by atoms with Crippen molar-refractivity contribution in [2.24, 2.45) is 0 Å². The van der Waals surface area contributed by atoms with Crippen LogP contribution in [-0.2, 0) is 6.42 Å². The zero-order chi connectivity index (χ0) is 33.2. The van der Waals surface area contributed by atoms with E-state index in [1.807, 2.05) is 41.4 Å². The molecule has 0 bridgehead atoms. The number of thioether (sulfide) groups is 1. The van der Waals surface area contributed by atoms with Crippen LogP contribution in [0.15, 0.2) is 117 Å². The first-order valence-electron chi connectivity index (χ1n) is 15.6. The fourth-order valence-electron chi connectivity index (χ4n) is 5.43. The third-order valence-corrected chi connectivity index (χ3v) is 11.4. The SMILES string of the molecule is C=CCOc1cc(C)c(Sc2c(C)cc(OC/C=C/Cc3cc(C)cc(Sc4c(C)cc(SCC=C)cc4C)c3)cc2C)c(C)c1.